The van der Waals surface area contributed by atoms with Crippen LogP contribution in [0.5, 0.6) is 0 Å². The lowest BCUT2D eigenvalue weighted by Crippen LogP contribution is -2.14. The molecule has 0 radical (unpaired) electrons. The molecule has 7 nitrogen and oxygen atoms in total. The van der Waals surface area contributed by atoms with E-state index in [-0.39, 0.29) is 12.3 Å². The number of tetrazole rings is 1. The second-order valence-electron chi connectivity index (χ2n) is 6.53. The van der Waals surface area contributed by atoms with Gasteiger partial charge in [0.25, 0.3) is 0 Å². The van der Waals surface area contributed by atoms with Crippen molar-refractivity contribution in [2.45, 2.75) is 26.9 Å². The van der Waals surface area contributed by atoms with E-state index in [2.05, 4.69) is 20.0 Å². The molecule has 0 aliphatic heterocycles. The molecule has 4 rings (SSSR count). The molecule has 0 saturated heterocycles. The van der Waals surface area contributed by atoms with E-state index in [1.165, 1.54) is 4.80 Å². The number of halogens is 1. The maximum atomic E-state index is 12.8. The number of carbonyl (C=O) groups is 1. The van der Waals surface area contributed by atoms with Crippen molar-refractivity contribution < 1.29 is 9.21 Å². The molecule has 3 aromatic heterocycles. The minimum absolute atomic E-state index is 0.0125. The molecule has 0 spiro atoms. The number of furan rings is 1. The maximum absolute atomic E-state index is 12.8. The van der Waals surface area contributed by atoms with Crippen LogP contribution in [-0.2, 0) is 13.1 Å². The molecule has 8 heteroatoms. The van der Waals surface area contributed by atoms with Gasteiger partial charge in [0.1, 0.15) is 12.3 Å². The summed E-state index contributed by atoms with van der Waals surface area (Å²) in [6.07, 6.45) is 1.64. The lowest BCUT2D eigenvalue weighted by Gasteiger charge is -2.07. The van der Waals surface area contributed by atoms with E-state index in [4.69, 9.17) is 16.0 Å². The molecule has 1 aromatic carbocycles. The highest BCUT2D eigenvalue weighted by atomic mass is 35.5. The summed E-state index contributed by atoms with van der Waals surface area (Å²) in [6.45, 7) is 4.49. The largest absolute Gasteiger partial charge is 0.467 e. The van der Waals surface area contributed by atoms with Crippen LogP contribution in [0, 0.1) is 13.8 Å². The molecule has 0 N–H and O–H groups in total. The Morgan fingerprint density at radius 3 is 2.79 bits per heavy atom. The lowest BCUT2D eigenvalue weighted by molar-refractivity contribution is 0.0960. The van der Waals surface area contributed by atoms with Crippen molar-refractivity contribution in [2.75, 3.05) is 0 Å². The first-order valence-corrected chi connectivity index (χ1v) is 9.15. The van der Waals surface area contributed by atoms with E-state index in [1.54, 1.807) is 18.4 Å². The SMILES string of the molecule is Cc1cc(C(=O)Cn2nnc(-c3cccc(Cl)c3)n2)c(C)n1Cc1ccco1. The van der Waals surface area contributed by atoms with Crippen LogP contribution in [0.2, 0.25) is 5.02 Å². The highest BCUT2D eigenvalue weighted by Gasteiger charge is 2.18. The summed E-state index contributed by atoms with van der Waals surface area (Å²) in [6, 6.07) is 12.8. The van der Waals surface area contributed by atoms with Gasteiger partial charge in [-0.05, 0) is 49.4 Å². The average molecular weight is 396 g/mol. The highest BCUT2D eigenvalue weighted by molar-refractivity contribution is 6.30. The van der Waals surface area contributed by atoms with Gasteiger partial charge in [-0.25, -0.2) is 0 Å². The Hall–Kier alpha value is -3.19. The second-order valence-corrected chi connectivity index (χ2v) is 6.96. The maximum Gasteiger partial charge on any atom is 0.204 e. The summed E-state index contributed by atoms with van der Waals surface area (Å²) >= 11 is 6.01. The number of aromatic nitrogens is 5. The molecule has 4 aromatic rings. The average Bonchev–Trinajstić information content (AvgIpc) is 3.40. The Balaban J connectivity index is 1.53. The van der Waals surface area contributed by atoms with Crippen LogP contribution in [0.3, 0.4) is 0 Å². The normalized spacial score (nSPS) is 11.1. The van der Waals surface area contributed by atoms with Crippen LogP contribution in [0.25, 0.3) is 11.4 Å². The van der Waals surface area contributed by atoms with Gasteiger partial charge < -0.3 is 8.98 Å². The predicted octanol–water partition coefficient (Wildman–Crippen LogP) is 3.94. The minimum atomic E-state index is -0.0751. The monoisotopic (exact) mass is 395 g/mol. The van der Waals surface area contributed by atoms with Gasteiger partial charge >= 0.3 is 0 Å². The van der Waals surface area contributed by atoms with Crippen LogP contribution >= 0.6 is 11.6 Å². The van der Waals surface area contributed by atoms with Crippen molar-refractivity contribution in [3.05, 3.63) is 76.5 Å². The smallest absolute Gasteiger partial charge is 0.204 e. The summed E-state index contributed by atoms with van der Waals surface area (Å²) in [5.41, 5.74) is 3.27. The number of rotatable bonds is 6. The third-order valence-electron chi connectivity index (χ3n) is 4.59. The number of nitrogens with zero attached hydrogens (tertiary/aromatic N) is 5. The molecule has 0 atom stereocenters. The van der Waals surface area contributed by atoms with Crippen molar-refractivity contribution in [2.24, 2.45) is 0 Å². The van der Waals surface area contributed by atoms with E-state index < -0.39 is 0 Å². The van der Waals surface area contributed by atoms with Crippen LogP contribution in [0.15, 0.2) is 53.1 Å². The highest BCUT2D eigenvalue weighted by Crippen LogP contribution is 2.20. The van der Waals surface area contributed by atoms with Gasteiger partial charge in [0.2, 0.25) is 5.82 Å². The summed E-state index contributed by atoms with van der Waals surface area (Å²) in [5.74, 6) is 1.19. The Bertz CT molecular complexity index is 1130. The molecule has 0 saturated carbocycles. The molecule has 0 amide bonds. The zero-order chi connectivity index (χ0) is 19.7. The molecule has 0 bridgehead atoms. The van der Waals surface area contributed by atoms with E-state index in [9.17, 15) is 4.79 Å². The van der Waals surface area contributed by atoms with Crippen molar-refractivity contribution in [1.82, 2.24) is 24.8 Å². The number of ketones is 1. The van der Waals surface area contributed by atoms with Gasteiger partial charge in [0, 0.05) is 27.5 Å². The Morgan fingerprint density at radius 2 is 2.04 bits per heavy atom. The first-order chi connectivity index (χ1) is 13.5. The van der Waals surface area contributed by atoms with Crippen molar-refractivity contribution in [3.63, 3.8) is 0 Å². The van der Waals surface area contributed by atoms with Crippen molar-refractivity contribution in [1.29, 1.82) is 0 Å². The summed E-state index contributed by atoms with van der Waals surface area (Å²) in [7, 11) is 0. The van der Waals surface area contributed by atoms with Gasteiger partial charge in [-0.1, -0.05) is 23.7 Å². The third-order valence-corrected chi connectivity index (χ3v) is 4.82. The number of hydrogen-bond acceptors (Lipinski definition) is 5. The Morgan fingerprint density at radius 1 is 1.18 bits per heavy atom. The molecule has 28 heavy (non-hydrogen) atoms. The zero-order valence-corrected chi connectivity index (χ0v) is 16.2. The van der Waals surface area contributed by atoms with E-state index in [0.29, 0.717) is 23.0 Å². The van der Waals surface area contributed by atoms with Gasteiger partial charge in [0.15, 0.2) is 5.78 Å². The minimum Gasteiger partial charge on any atom is -0.467 e. The molecule has 0 aliphatic rings. The number of aryl methyl sites for hydroxylation is 1. The van der Waals surface area contributed by atoms with Crippen LogP contribution in [0.4, 0.5) is 0 Å². The van der Waals surface area contributed by atoms with Crippen molar-refractivity contribution in [3.8, 4) is 11.4 Å². The standard InChI is InChI=1S/C20H18ClN5O2/c1-13-9-18(14(2)25(13)11-17-7-4-8-28-17)19(27)12-26-23-20(22-24-26)15-5-3-6-16(21)10-15/h3-10H,11-12H2,1-2H3. The number of Topliss-reactive ketones (excluding diaryl/α,β-unsaturated/α-hetero) is 1. The van der Waals surface area contributed by atoms with Crippen LogP contribution in [-0.4, -0.2) is 30.6 Å². The molecule has 0 aliphatic carbocycles. The summed E-state index contributed by atoms with van der Waals surface area (Å²) < 4.78 is 7.47. The Labute approximate surface area is 166 Å². The number of hydrogen-bond donors (Lipinski definition) is 0. The summed E-state index contributed by atoms with van der Waals surface area (Å²) in [4.78, 5) is 14.1. The van der Waals surface area contributed by atoms with Gasteiger partial charge in [-0.2, -0.15) is 4.80 Å². The van der Waals surface area contributed by atoms with E-state index in [1.807, 2.05) is 44.2 Å². The van der Waals surface area contributed by atoms with Crippen LogP contribution in [0.1, 0.15) is 27.5 Å². The third kappa shape index (κ3) is 3.61. The number of benzene rings is 1. The second kappa shape index (κ2) is 7.44. The van der Waals surface area contributed by atoms with Crippen molar-refractivity contribution >= 4 is 17.4 Å². The molecule has 0 unspecified atom stereocenters. The molecule has 142 valence electrons. The molecular formula is C20H18ClN5O2. The first-order valence-electron chi connectivity index (χ1n) is 8.77. The van der Waals surface area contributed by atoms with Gasteiger partial charge in [-0.3, -0.25) is 4.79 Å². The van der Waals surface area contributed by atoms with Crippen LogP contribution < -0.4 is 0 Å². The van der Waals surface area contributed by atoms with E-state index in [0.717, 1.165) is 22.7 Å². The van der Waals surface area contributed by atoms with Gasteiger partial charge in [-0.15, -0.1) is 10.2 Å². The number of carbonyl (C=O) groups excluding carboxylic acids is 1. The lowest BCUT2D eigenvalue weighted by atomic mass is 10.1. The van der Waals surface area contributed by atoms with Gasteiger partial charge in [0.05, 0.1) is 12.8 Å². The van der Waals surface area contributed by atoms with E-state index >= 15 is 0 Å². The zero-order valence-electron chi connectivity index (χ0n) is 15.5. The summed E-state index contributed by atoms with van der Waals surface area (Å²) in [5, 5.41) is 12.9. The fourth-order valence-electron chi connectivity index (χ4n) is 3.15. The molecule has 0 fully saturated rings. The molecule has 3 heterocycles. The predicted molar refractivity (Wildman–Crippen MR) is 104 cm³/mol. The Kier molecular flexibility index (Phi) is 4.83. The topological polar surface area (TPSA) is 78.7 Å². The first kappa shape index (κ1) is 18.2. The molecular weight excluding hydrogens is 378 g/mol. The quantitative estimate of drug-likeness (QED) is 0.462. The fraction of sp³-hybridized carbons (Fsp3) is 0.200. The fourth-order valence-corrected chi connectivity index (χ4v) is 3.34.